The lowest BCUT2D eigenvalue weighted by Gasteiger charge is -2.40. The van der Waals surface area contributed by atoms with Crippen molar-refractivity contribution in [3.63, 3.8) is 0 Å². The highest BCUT2D eigenvalue weighted by atomic mass is 16.2. The molecule has 1 heterocycles. The molecule has 1 aliphatic carbocycles. The Bertz CT molecular complexity index is 486. The minimum absolute atomic E-state index is 0.261. The molecule has 0 aromatic heterocycles. The predicted octanol–water partition coefficient (Wildman–Crippen LogP) is 1.68. The molecule has 3 rings (SSSR count). The molecule has 1 saturated carbocycles. The Morgan fingerprint density at radius 1 is 1.19 bits per heavy atom. The molecular formula is C17H25N3O. The number of hydrogen-bond donors (Lipinski definition) is 0. The summed E-state index contributed by atoms with van der Waals surface area (Å²) in [5.41, 5.74) is 1.04. The van der Waals surface area contributed by atoms with E-state index in [1.807, 2.05) is 35.2 Å². The van der Waals surface area contributed by atoms with E-state index >= 15 is 0 Å². The van der Waals surface area contributed by atoms with Crippen LogP contribution in [0.1, 0.15) is 12.8 Å². The lowest BCUT2D eigenvalue weighted by molar-refractivity contribution is -0.120. The van der Waals surface area contributed by atoms with Gasteiger partial charge in [-0.25, -0.2) is 0 Å². The minimum Gasteiger partial charge on any atom is -0.311 e. The average molecular weight is 287 g/mol. The van der Waals surface area contributed by atoms with Crippen molar-refractivity contribution in [1.29, 1.82) is 0 Å². The van der Waals surface area contributed by atoms with Crippen molar-refractivity contribution in [3.8, 4) is 0 Å². The van der Waals surface area contributed by atoms with Crippen molar-refractivity contribution in [2.45, 2.75) is 18.9 Å². The van der Waals surface area contributed by atoms with Crippen molar-refractivity contribution in [2.75, 3.05) is 45.2 Å². The molecule has 4 heteroatoms. The third kappa shape index (κ3) is 3.44. The summed E-state index contributed by atoms with van der Waals surface area (Å²) in [6.07, 6.45) is 2.12. The van der Waals surface area contributed by atoms with Gasteiger partial charge in [-0.15, -0.1) is 0 Å². The smallest absolute Gasteiger partial charge is 0.230 e. The molecule has 0 spiro atoms. The number of anilines is 1. The molecule has 0 radical (unpaired) electrons. The topological polar surface area (TPSA) is 26.8 Å². The highest BCUT2D eigenvalue weighted by Gasteiger charge is 2.36. The first-order valence-corrected chi connectivity index (χ1v) is 7.90. The summed E-state index contributed by atoms with van der Waals surface area (Å²) in [5.74, 6) is 0.569. The number of piperazine rings is 1. The van der Waals surface area contributed by atoms with Gasteiger partial charge in [0.2, 0.25) is 5.91 Å². The highest BCUT2D eigenvalue weighted by molar-refractivity contribution is 5.96. The van der Waals surface area contributed by atoms with Crippen molar-refractivity contribution in [2.24, 2.45) is 5.92 Å². The number of para-hydroxylation sites is 1. The van der Waals surface area contributed by atoms with Crippen LogP contribution < -0.4 is 4.90 Å². The number of carbonyl (C=O) groups is 1. The fourth-order valence-corrected chi connectivity index (χ4v) is 2.99. The lowest BCUT2D eigenvalue weighted by atomic mass is 10.1. The molecule has 1 amide bonds. The van der Waals surface area contributed by atoms with E-state index in [2.05, 4.69) is 23.9 Å². The van der Waals surface area contributed by atoms with Gasteiger partial charge >= 0.3 is 0 Å². The zero-order chi connectivity index (χ0) is 14.8. The van der Waals surface area contributed by atoms with Gasteiger partial charge in [0.05, 0.1) is 0 Å². The summed E-state index contributed by atoms with van der Waals surface area (Å²) in [5, 5.41) is 0. The first-order chi connectivity index (χ1) is 10.1. The zero-order valence-electron chi connectivity index (χ0n) is 13.0. The quantitative estimate of drug-likeness (QED) is 0.843. The Morgan fingerprint density at radius 2 is 1.90 bits per heavy atom. The van der Waals surface area contributed by atoms with Gasteiger partial charge in [0.15, 0.2) is 0 Å². The van der Waals surface area contributed by atoms with Crippen LogP contribution in [0.3, 0.4) is 0 Å². The van der Waals surface area contributed by atoms with E-state index in [-0.39, 0.29) is 5.92 Å². The number of carbonyl (C=O) groups excluding carboxylic acids is 1. The molecule has 4 nitrogen and oxygen atoms in total. The van der Waals surface area contributed by atoms with E-state index in [1.165, 1.54) is 0 Å². The fraction of sp³-hybridized carbons (Fsp3) is 0.588. The molecule has 1 aliphatic heterocycles. The summed E-state index contributed by atoms with van der Waals surface area (Å²) in [4.78, 5) is 19.4. The van der Waals surface area contributed by atoms with Crippen molar-refractivity contribution in [3.05, 3.63) is 30.3 Å². The maximum atomic E-state index is 12.7. The number of nitrogens with zero attached hydrogens (tertiary/aromatic N) is 3. The molecule has 1 aromatic carbocycles. The van der Waals surface area contributed by atoms with Crippen LogP contribution in [-0.4, -0.2) is 62.0 Å². The Labute approximate surface area is 127 Å². The average Bonchev–Trinajstić information content (AvgIpc) is 3.33. The monoisotopic (exact) mass is 287 g/mol. The highest BCUT2D eigenvalue weighted by Crippen LogP contribution is 2.33. The maximum absolute atomic E-state index is 12.7. The van der Waals surface area contributed by atoms with Gasteiger partial charge in [0.25, 0.3) is 0 Å². The standard InChI is InChI=1S/C17H25N3O/c1-18-10-11-19(2)16(12-18)13-20(17(21)14-8-9-14)15-6-4-3-5-7-15/h3-7,14,16H,8-13H2,1-2H3. The number of likely N-dealkylation sites (N-methyl/N-ethyl adjacent to an activating group) is 2. The number of hydrogen-bond acceptors (Lipinski definition) is 3. The molecule has 1 unspecified atom stereocenters. The summed E-state index contributed by atoms with van der Waals surface area (Å²) in [6.45, 7) is 3.99. The van der Waals surface area contributed by atoms with Crippen molar-refractivity contribution >= 4 is 11.6 Å². The number of rotatable bonds is 4. The molecule has 2 aliphatic rings. The molecule has 0 N–H and O–H groups in total. The largest absolute Gasteiger partial charge is 0.311 e. The second-order valence-corrected chi connectivity index (χ2v) is 6.46. The van der Waals surface area contributed by atoms with Crippen LogP contribution in [0.25, 0.3) is 0 Å². The first kappa shape index (κ1) is 14.5. The Hall–Kier alpha value is -1.39. The van der Waals surface area contributed by atoms with Gasteiger partial charge in [0, 0.05) is 43.8 Å². The van der Waals surface area contributed by atoms with Crippen LogP contribution in [0, 0.1) is 5.92 Å². The van der Waals surface area contributed by atoms with Crippen molar-refractivity contribution in [1.82, 2.24) is 9.80 Å². The van der Waals surface area contributed by atoms with E-state index in [0.717, 1.165) is 44.7 Å². The summed E-state index contributed by atoms with van der Waals surface area (Å²) < 4.78 is 0. The Kier molecular flexibility index (Phi) is 4.27. The summed E-state index contributed by atoms with van der Waals surface area (Å²) >= 11 is 0. The van der Waals surface area contributed by atoms with E-state index in [1.54, 1.807) is 0 Å². The lowest BCUT2D eigenvalue weighted by Crippen LogP contribution is -2.55. The summed E-state index contributed by atoms with van der Waals surface area (Å²) in [6, 6.07) is 10.5. The SMILES string of the molecule is CN1CCN(C)C(CN(C(=O)C2CC2)c2ccccc2)C1. The Balaban J connectivity index is 1.77. The Morgan fingerprint density at radius 3 is 2.57 bits per heavy atom. The molecule has 1 aromatic rings. The molecule has 2 fully saturated rings. The third-order valence-electron chi connectivity index (χ3n) is 4.63. The second-order valence-electron chi connectivity index (χ2n) is 6.46. The van der Waals surface area contributed by atoms with E-state index in [0.29, 0.717) is 11.9 Å². The van der Waals surface area contributed by atoms with Gasteiger partial charge in [-0.3, -0.25) is 9.69 Å². The molecule has 21 heavy (non-hydrogen) atoms. The zero-order valence-corrected chi connectivity index (χ0v) is 13.0. The molecule has 1 atom stereocenters. The fourth-order valence-electron chi connectivity index (χ4n) is 2.99. The molecule has 0 bridgehead atoms. The normalized spacial score (nSPS) is 24.0. The number of benzene rings is 1. The van der Waals surface area contributed by atoms with Crippen molar-refractivity contribution < 1.29 is 4.79 Å². The van der Waals surface area contributed by atoms with Gasteiger partial charge in [-0.05, 0) is 39.1 Å². The van der Waals surface area contributed by atoms with Crippen LogP contribution >= 0.6 is 0 Å². The second kappa shape index (κ2) is 6.16. The van der Waals surface area contributed by atoms with E-state index < -0.39 is 0 Å². The van der Waals surface area contributed by atoms with Gasteiger partial charge in [-0.1, -0.05) is 18.2 Å². The van der Waals surface area contributed by atoms with E-state index in [4.69, 9.17) is 0 Å². The van der Waals surface area contributed by atoms with Gasteiger partial charge in [0.1, 0.15) is 0 Å². The first-order valence-electron chi connectivity index (χ1n) is 7.90. The van der Waals surface area contributed by atoms with Gasteiger partial charge < -0.3 is 9.80 Å². The van der Waals surface area contributed by atoms with Crippen LogP contribution in [-0.2, 0) is 4.79 Å². The molecule has 1 saturated heterocycles. The minimum atomic E-state index is 0.261. The summed E-state index contributed by atoms with van der Waals surface area (Å²) in [7, 11) is 4.33. The molecular weight excluding hydrogens is 262 g/mol. The van der Waals surface area contributed by atoms with Gasteiger partial charge in [-0.2, -0.15) is 0 Å². The number of amides is 1. The van der Waals surface area contributed by atoms with Crippen LogP contribution in [0.5, 0.6) is 0 Å². The third-order valence-corrected chi connectivity index (χ3v) is 4.63. The predicted molar refractivity (Wildman–Crippen MR) is 85.4 cm³/mol. The van der Waals surface area contributed by atoms with E-state index in [9.17, 15) is 4.79 Å². The van der Waals surface area contributed by atoms with Crippen LogP contribution in [0.2, 0.25) is 0 Å². The van der Waals surface area contributed by atoms with Crippen LogP contribution in [0.15, 0.2) is 30.3 Å². The van der Waals surface area contributed by atoms with Crippen LogP contribution in [0.4, 0.5) is 5.69 Å². The molecule has 114 valence electrons. The maximum Gasteiger partial charge on any atom is 0.230 e.